The first-order chi connectivity index (χ1) is 19.8. The number of likely N-dealkylation sites (tertiary alicyclic amines) is 1. The molecular weight excluding hydrogens is 543 g/mol. The average molecular weight is 571 g/mol. The Labute approximate surface area is 242 Å². The third kappa shape index (κ3) is 5.26. The smallest absolute Gasteiger partial charge is 0.253 e. The first-order valence-corrected chi connectivity index (χ1v) is 13.7. The average Bonchev–Trinajstić information content (AvgIpc) is 3.36. The molecule has 0 bridgehead atoms. The summed E-state index contributed by atoms with van der Waals surface area (Å²) in [6.07, 6.45) is 2.56. The summed E-state index contributed by atoms with van der Waals surface area (Å²) >= 11 is 6.33. The number of nitrogens with one attached hydrogen (secondary N) is 1. The van der Waals surface area contributed by atoms with E-state index in [4.69, 9.17) is 16.6 Å². The highest BCUT2D eigenvalue weighted by Gasteiger charge is 2.30. The SMILES string of the molecule is CN1CCC(N(C)C(=O)c2ccc(Nc3ncc4c(n3)-c3ccc(Cl)cc3N(c3ccccc3F)C(=O)C4)cc2)C1. The van der Waals surface area contributed by atoms with E-state index in [1.54, 1.807) is 54.7 Å². The standard InChI is InChI=1S/C31H28ClFN6O2/c1-37-14-13-23(18-37)38(2)30(41)19-7-10-22(11-8-19)35-31-34-17-20-15-28(40)39(26-6-4-3-5-25(26)33)27-16-21(32)9-12-24(27)29(20)36-31/h3-12,16-17,23H,13-15,18H2,1-2H3,(H,34,35,36). The molecule has 2 aliphatic heterocycles. The van der Waals surface area contributed by atoms with Gasteiger partial charge in [-0.25, -0.2) is 14.4 Å². The van der Waals surface area contributed by atoms with Crippen molar-refractivity contribution in [1.82, 2.24) is 19.8 Å². The Bertz CT molecular complexity index is 1650. The largest absolute Gasteiger partial charge is 0.337 e. The van der Waals surface area contributed by atoms with E-state index >= 15 is 0 Å². The number of fused-ring (bicyclic) bond motifs is 3. The van der Waals surface area contributed by atoms with Crippen molar-refractivity contribution >= 4 is 46.4 Å². The van der Waals surface area contributed by atoms with Crippen molar-refractivity contribution in [2.45, 2.75) is 18.9 Å². The number of rotatable bonds is 5. The summed E-state index contributed by atoms with van der Waals surface area (Å²) in [5, 5.41) is 3.61. The van der Waals surface area contributed by atoms with Gasteiger partial charge in [0.15, 0.2) is 0 Å². The molecule has 1 saturated heterocycles. The maximum absolute atomic E-state index is 14.8. The number of aromatic nitrogens is 2. The molecule has 0 saturated carbocycles. The second kappa shape index (κ2) is 10.9. The highest BCUT2D eigenvalue weighted by molar-refractivity contribution is 6.31. The molecule has 0 spiro atoms. The van der Waals surface area contributed by atoms with Gasteiger partial charge in [-0.3, -0.25) is 14.5 Å². The summed E-state index contributed by atoms with van der Waals surface area (Å²) < 4.78 is 14.8. The Morgan fingerprint density at radius 1 is 1.10 bits per heavy atom. The number of hydrogen-bond acceptors (Lipinski definition) is 6. The summed E-state index contributed by atoms with van der Waals surface area (Å²) in [6, 6.07) is 18.7. The maximum atomic E-state index is 14.8. The molecule has 1 aromatic heterocycles. The third-order valence-electron chi connectivity index (χ3n) is 7.63. The third-order valence-corrected chi connectivity index (χ3v) is 7.86. The van der Waals surface area contributed by atoms with Gasteiger partial charge in [0.1, 0.15) is 5.82 Å². The van der Waals surface area contributed by atoms with Crippen molar-refractivity contribution in [3.8, 4) is 11.3 Å². The van der Waals surface area contributed by atoms with Crippen LogP contribution >= 0.6 is 11.6 Å². The molecule has 4 aromatic rings. The van der Waals surface area contributed by atoms with Gasteiger partial charge in [0.25, 0.3) is 5.91 Å². The Morgan fingerprint density at radius 3 is 2.61 bits per heavy atom. The van der Waals surface area contributed by atoms with Crippen LogP contribution in [-0.2, 0) is 11.2 Å². The number of likely N-dealkylation sites (N-methyl/N-ethyl adjacent to an activating group) is 2. The number of benzene rings is 3. The first-order valence-electron chi connectivity index (χ1n) is 13.3. The number of anilines is 4. The van der Waals surface area contributed by atoms with Gasteiger partial charge >= 0.3 is 0 Å². The van der Waals surface area contributed by atoms with E-state index in [1.165, 1.54) is 11.0 Å². The van der Waals surface area contributed by atoms with Crippen LogP contribution in [0.3, 0.4) is 0 Å². The van der Waals surface area contributed by atoms with Gasteiger partial charge in [0, 0.05) is 53.2 Å². The molecule has 1 unspecified atom stereocenters. The highest BCUT2D eigenvalue weighted by Crippen LogP contribution is 2.41. The molecule has 3 aromatic carbocycles. The minimum absolute atomic E-state index is 0.0162. The minimum Gasteiger partial charge on any atom is -0.337 e. The van der Waals surface area contributed by atoms with Gasteiger partial charge < -0.3 is 15.1 Å². The van der Waals surface area contributed by atoms with Crippen molar-refractivity contribution < 1.29 is 14.0 Å². The van der Waals surface area contributed by atoms with Gasteiger partial charge in [-0.2, -0.15) is 0 Å². The van der Waals surface area contributed by atoms with Crippen molar-refractivity contribution in [3.63, 3.8) is 0 Å². The maximum Gasteiger partial charge on any atom is 0.253 e. The number of para-hydroxylation sites is 1. The zero-order chi connectivity index (χ0) is 28.7. The molecule has 208 valence electrons. The summed E-state index contributed by atoms with van der Waals surface area (Å²) in [7, 11) is 3.92. The second-order valence-electron chi connectivity index (χ2n) is 10.4. The van der Waals surface area contributed by atoms with Crippen molar-refractivity contribution in [2.75, 3.05) is 37.4 Å². The van der Waals surface area contributed by atoms with Gasteiger partial charge in [-0.1, -0.05) is 23.7 Å². The van der Waals surface area contributed by atoms with E-state index in [0.29, 0.717) is 44.7 Å². The predicted molar refractivity (Wildman–Crippen MR) is 157 cm³/mol. The quantitative estimate of drug-likeness (QED) is 0.333. The fourth-order valence-electron chi connectivity index (χ4n) is 5.42. The monoisotopic (exact) mass is 570 g/mol. The Morgan fingerprint density at radius 2 is 1.88 bits per heavy atom. The van der Waals surface area contributed by atoms with E-state index in [2.05, 4.69) is 22.2 Å². The zero-order valence-electron chi connectivity index (χ0n) is 22.6. The van der Waals surface area contributed by atoms with Crippen LogP contribution in [0.2, 0.25) is 5.02 Å². The number of carbonyl (C=O) groups is 2. The van der Waals surface area contributed by atoms with Crippen LogP contribution in [0.15, 0.2) is 72.9 Å². The van der Waals surface area contributed by atoms with Crippen LogP contribution in [-0.4, -0.2) is 64.8 Å². The molecule has 3 heterocycles. The lowest BCUT2D eigenvalue weighted by Gasteiger charge is -2.24. The summed E-state index contributed by atoms with van der Waals surface area (Å²) in [4.78, 5) is 41.0. The van der Waals surface area contributed by atoms with Gasteiger partial charge in [0.2, 0.25) is 11.9 Å². The Balaban J connectivity index is 1.28. The lowest BCUT2D eigenvalue weighted by Crippen LogP contribution is -2.38. The Kier molecular flexibility index (Phi) is 7.15. The van der Waals surface area contributed by atoms with Crippen LogP contribution in [0.5, 0.6) is 0 Å². The number of halogens is 2. The molecule has 2 aliphatic rings. The molecule has 10 heteroatoms. The van der Waals surface area contributed by atoms with E-state index < -0.39 is 5.82 Å². The molecule has 1 fully saturated rings. The predicted octanol–water partition coefficient (Wildman–Crippen LogP) is 5.68. The number of carbonyl (C=O) groups excluding carboxylic acids is 2. The van der Waals surface area contributed by atoms with Crippen molar-refractivity contribution in [3.05, 3.63) is 94.9 Å². The van der Waals surface area contributed by atoms with E-state index in [1.807, 2.05) is 24.1 Å². The number of nitrogens with zero attached hydrogens (tertiary/aromatic N) is 5. The van der Waals surface area contributed by atoms with Crippen LogP contribution < -0.4 is 10.2 Å². The first kappa shape index (κ1) is 26.9. The molecule has 41 heavy (non-hydrogen) atoms. The molecule has 2 amide bonds. The van der Waals surface area contributed by atoms with E-state index in [0.717, 1.165) is 19.5 Å². The van der Waals surface area contributed by atoms with Crippen LogP contribution in [0.4, 0.5) is 27.4 Å². The van der Waals surface area contributed by atoms with Gasteiger partial charge in [-0.15, -0.1) is 0 Å². The summed E-state index contributed by atoms with van der Waals surface area (Å²) in [6.45, 7) is 1.86. The molecular formula is C31H28ClFN6O2. The van der Waals surface area contributed by atoms with Crippen LogP contribution in [0, 0.1) is 5.82 Å². The lowest BCUT2D eigenvalue weighted by atomic mass is 10.0. The molecule has 1 atom stereocenters. The molecule has 1 N–H and O–H groups in total. The molecule has 8 nitrogen and oxygen atoms in total. The van der Waals surface area contributed by atoms with Crippen molar-refractivity contribution in [2.24, 2.45) is 0 Å². The number of hydrogen-bond donors (Lipinski definition) is 1. The van der Waals surface area contributed by atoms with Crippen molar-refractivity contribution in [1.29, 1.82) is 0 Å². The second-order valence-corrected chi connectivity index (χ2v) is 10.8. The Hall–Kier alpha value is -4.34. The summed E-state index contributed by atoms with van der Waals surface area (Å²) in [5.41, 5.74) is 3.69. The molecule has 6 rings (SSSR count). The van der Waals surface area contributed by atoms with E-state index in [9.17, 15) is 14.0 Å². The zero-order valence-corrected chi connectivity index (χ0v) is 23.4. The summed E-state index contributed by atoms with van der Waals surface area (Å²) in [5.74, 6) is -0.537. The fourth-order valence-corrected chi connectivity index (χ4v) is 5.58. The topological polar surface area (TPSA) is 81.7 Å². The van der Waals surface area contributed by atoms with Crippen LogP contribution in [0.1, 0.15) is 22.3 Å². The lowest BCUT2D eigenvalue weighted by molar-refractivity contribution is -0.117. The number of amides is 2. The van der Waals surface area contributed by atoms with Crippen LogP contribution in [0.25, 0.3) is 11.3 Å². The minimum atomic E-state index is -0.519. The van der Waals surface area contributed by atoms with Gasteiger partial charge in [0.05, 0.1) is 23.5 Å². The van der Waals surface area contributed by atoms with E-state index in [-0.39, 0.29) is 30.0 Å². The normalized spacial score (nSPS) is 16.6. The fraction of sp³-hybridized carbons (Fsp3) is 0.226. The van der Waals surface area contributed by atoms with Gasteiger partial charge in [-0.05, 0) is 74.6 Å². The molecule has 0 aliphatic carbocycles. The molecule has 0 radical (unpaired) electrons. The highest BCUT2D eigenvalue weighted by atomic mass is 35.5.